The molecule has 0 bridgehead atoms. The van der Waals surface area contributed by atoms with Crippen molar-refractivity contribution in [1.82, 2.24) is 25.0 Å². The lowest BCUT2D eigenvalue weighted by Crippen LogP contribution is -2.39. The van der Waals surface area contributed by atoms with Crippen LogP contribution in [0.15, 0.2) is 22.9 Å². The van der Waals surface area contributed by atoms with Crippen LogP contribution in [0, 0.1) is 6.92 Å². The number of hydrogen-bond donors (Lipinski definition) is 0. The molecule has 0 N–H and O–H groups in total. The van der Waals surface area contributed by atoms with Gasteiger partial charge in [0, 0.05) is 19.3 Å². The SMILES string of the molecule is Cc1noc([C@H]2CCCN(C(=O)c3nc4cccnc4s3)C2)n1. The number of carbonyl (C=O) groups is 1. The van der Waals surface area contributed by atoms with Crippen molar-refractivity contribution in [2.75, 3.05) is 13.1 Å². The molecule has 0 spiro atoms. The number of fused-ring (bicyclic) bond motifs is 1. The molecule has 0 aliphatic carbocycles. The Hall–Kier alpha value is -2.35. The Balaban J connectivity index is 1.55. The molecule has 4 rings (SSSR count). The van der Waals surface area contributed by atoms with E-state index in [0.717, 1.165) is 29.7 Å². The first-order valence-electron chi connectivity index (χ1n) is 7.52. The zero-order valence-electron chi connectivity index (χ0n) is 12.6. The number of hydrogen-bond acceptors (Lipinski definition) is 7. The maximum Gasteiger partial charge on any atom is 0.282 e. The fraction of sp³-hybridized carbons (Fsp3) is 0.400. The van der Waals surface area contributed by atoms with Crippen LogP contribution in [0.3, 0.4) is 0 Å². The summed E-state index contributed by atoms with van der Waals surface area (Å²) < 4.78 is 5.26. The van der Waals surface area contributed by atoms with Crippen molar-refractivity contribution in [2.45, 2.75) is 25.7 Å². The monoisotopic (exact) mass is 329 g/mol. The van der Waals surface area contributed by atoms with Gasteiger partial charge in [-0.25, -0.2) is 9.97 Å². The van der Waals surface area contributed by atoms with Gasteiger partial charge in [-0.15, -0.1) is 0 Å². The number of carbonyl (C=O) groups excluding carboxylic acids is 1. The van der Waals surface area contributed by atoms with Crippen molar-refractivity contribution in [3.8, 4) is 0 Å². The number of pyridine rings is 1. The van der Waals surface area contributed by atoms with Crippen LogP contribution in [0.4, 0.5) is 0 Å². The molecule has 1 fully saturated rings. The molecule has 3 aromatic heterocycles. The van der Waals surface area contributed by atoms with Gasteiger partial charge < -0.3 is 9.42 Å². The van der Waals surface area contributed by atoms with Gasteiger partial charge in [0.15, 0.2) is 10.8 Å². The fourth-order valence-electron chi connectivity index (χ4n) is 2.84. The standard InChI is InChI=1S/C15H15N5O2S/c1-9-17-12(22-19-9)10-4-3-7-20(8-10)15(21)14-18-11-5-2-6-16-13(11)23-14/h2,5-6,10H,3-4,7-8H2,1H3/t10-/m0/s1. The number of likely N-dealkylation sites (tertiary alicyclic amines) is 1. The fourth-order valence-corrected chi connectivity index (χ4v) is 3.71. The molecule has 0 aromatic carbocycles. The highest BCUT2D eigenvalue weighted by atomic mass is 32.1. The Bertz CT molecular complexity index is 825. The summed E-state index contributed by atoms with van der Waals surface area (Å²) in [5.74, 6) is 1.29. The summed E-state index contributed by atoms with van der Waals surface area (Å²) in [6.07, 6.45) is 3.58. The largest absolute Gasteiger partial charge is 0.339 e. The van der Waals surface area contributed by atoms with Crippen molar-refractivity contribution in [3.63, 3.8) is 0 Å². The van der Waals surface area contributed by atoms with E-state index in [9.17, 15) is 4.79 Å². The van der Waals surface area contributed by atoms with Gasteiger partial charge >= 0.3 is 0 Å². The Morgan fingerprint density at radius 1 is 1.43 bits per heavy atom. The third-order valence-electron chi connectivity index (χ3n) is 3.95. The van der Waals surface area contributed by atoms with Crippen LogP contribution in [-0.4, -0.2) is 44.0 Å². The van der Waals surface area contributed by atoms with Crippen LogP contribution < -0.4 is 0 Å². The second-order valence-electron chi connectivity index (χ2n) is 5.62. The summed E-state index contributed by atoms with van der Waals surface area (Å²) in [6, 6.07) is 3.70. The van der Waals surface area contributed by atoms with E-state index in [1.807, 2.05) is 17.0 Å². The lowest BCUT2D eigenvalue weighted by atomic mass is 9.98. The maximum atomic E-state index is 12.7. The van der Waals surface area contributed by atoms with E-state index in [-0.39, 0.29) is 11.8 Å². The van der Waals surface area contributed by atoms with E-state index in [1.54, 1.807) is 13.1 Å². The smallest absolute Gasteiger partial charge is 0.282 e. The predicted octanol–water partition coefficient (Wildman–Crippen LogP) is 2.40. The summed E-state index contributed by atoms with van der Waals surface area (Å²) in [7, 11) is 0. The van der Waals surface area contributed by atoms with E-state index >= 15 is 0 Å². The van der Waals surface area contributed by atoms with Crippen molar-refractivity contribution < 1.29 is 9.32 Å². The molecular weight excluding hydrogens is 314 g/mol. The molecule has 1 saturated heterocycles. The van der Waals surface area contributed by atoms with Crippen LogP contribution >= 0.6 is 11.3 Å². The van der Waals surface area contributed by atoms with Crippen molar-refractivity contribution in [2.24, 2.45) is 0 Å². The average molecular weight is 329 g/mol. The average Bonchev–Trinajstić information content (AvgIpc) is 3.20. The molecule has 7 nitrogen and oxygen atoms in total. The van der Waals surface area contributed by atoms with Gasteiger partial charge in [0.1, 0.15) is 10.3 Å². The van der Waals surface area contributed by atoms with Gasteiger partial charge in [-0.05, 0) is 31.9 Å². The molecule has 8 heteroatoms. The number of amides is 1. The normalized spacial score (nSPS) is 18.5. The first kappa shape index (κ1) is 14.3. The zero-order valence-corrected chi connectivity index (χ0v) is 13.4. The molecule has 0 saturated carbocycles. The summed E-state index contributed by atoms with van der Waals surface area (Å²) >= 11 is 1.34. The van der Waals surface area contributed by atoms with Crippen molar-refractivity contribution >= 4 is 27.6 Å². The molecule has 1 aliphatic heterocycles. The van der Waals surface area contributed by atoms with Crippen LogP contribution in [0.1, 0.15) is 40.3 Å². The zero-order chi connectivity index (χ0) is 15.8. The number of rotatable bonds is 2. The highest BCUT2D eigenvalue weighted by Crippen LogP contribution is 2.28. The van der Waals surface area contributed by atoms with Crippen molar-refractivity contribution in [1.29, 1.82) is 0 Å². The molecule has 1 amide bonds. The Morgan fingerprint density at radius 3 is 3.13 bits per heavy atom. The molecule has 0 radical (unpaired) electrons. The second-order valence-corrected chi connectivity index (χ2v) is 6.59. The van der Waals surface area contributed by atoms with E-state index < -0.39 is 0 Å². The molecule has 0 unspecified atom stereocenters. The number of thiazole rings is 1. The minimum Gasteiger partial charge on any atom is -0.339 e. The quantitative estimate of drug-likeness (QED) is 0.718. The Kier molecular flexibility index (Phi) is 3.53. The molecule has 1 aliphatic rings. The van der Waals surface area contributed by atoms with Gasteiger partial charge in [-0.3, -0.25) is 4.79 Å². The lowest BCUT2D eigenvalue weighted by Gasteiger charge is -2.30. The first-order valence-corrected chi connectivity index (χ1v) is 8.33. The highest BCUT2D eigenvalue weighted by Gasteiger charge is 2.30. The molecule has 1 atom stereocenters. The third kappa shape index (κ3) is 2.70. The van der Waals surface area contributed by atoms with Crippen molar-refractivity contribution in [3.05, 3.63) is 35.1 Å². The van der Waals surface area contributed by atoms with E-state index in [4.69, 9.17) is 4.52 Å². The molecule has 3 aromatic rings. The number of aryl methyl sites for hydroxylation is 1. The summed E-state index contributed by atoms with van der Waals surface area (Å²) in [5, 5.41) is 4.33. The summed E-state index contributed by atoms with van der Waals surface area (Å²) in [4.78, 5) is 28.3. The Labute approximate surface area is 136 Å². The molecule has 4 heterocycles. The van der Waals surface area contributed by atoms with Gasteiger partial charge in [0.25, 0.3) is 5.91 Å². The maximum absolute atomic E-state index is 12.7. The topological polar surface area (TPSA) is 85.0 Å². The van der Waals surface area contributed by atoms with E-state index in [0.29, 0.717) is 23.3 Å². The number of nitrogens with zero attached hydrogens (tertiary/aromatic N) is 5. The molecule has 23 heavy (non-hydrogen) atoms. The van der Waals surface area contributed by atoms with Gasteiger partial charge in [-0.2, -0.15) is 4.98 Å². The van der Waals surface area contributed by atoms with Gasteiger partial charge in [-0.1, -0.05) is 16.5 Å². The van der Waals surface area contributed by atoms with Crippen LogP contribution in [-0.2, 0) is 0 Å². The van der Waals surface area contributed by atoms with Gasteiger partial charge in [0.05, 0.1) is 5.92 Å². The number of piperidine rings is 1. The minimum absolute atomic E-state index is 0.0473. The first-order chi connectivity index (χ1) is 11.2. The molecule has 118 valence electrons. The molecular formula is C15H15N5O2S. The van der Waals surface area contributed by atoms with E-state index in [1.165, 1.54) is 11.3 Å². The summed E-state index contributed by atoms with van der Waals surface area (Å²) in [6.45, 7) is 3.11. The lowest BCUT2D eigenvalue weighted by molar-refractivity contribution is 0.0695. The summed E-state index contributed by atoms with van der Waals surface area (Å²) in [5.41, 5.74) is 0.766. The third-order valence-corrected chi connectivity index (χ3v) is 4.92. The van der Waals surface area contributed by atoms with Crippen LogP contribution in [0.25, 0.3) is 10.3 Å². The van der Waals surface area contributed by atoms with Crippen LogP contribution in [0.2, 0.25) is 0 Å². The van der Waals surface area contributed by atoms with Gasteiger partial charge in [0.2, 0.25) is 5.89 Å². The minimum atomic E-state index is -0.0473. The second kappa shape index (κ2) is 5.69. The predicted molar refractivity (Wildman–Crippen MR) is 84.3 cm³/mol. The van der Waals surface area contributed by atoms with E-state index in [2.05, 4.69) is 20.1 Å². The Morgan fingerprint density at radius 2 is 2.35 bits per heavy atom. The van der Waals surface area contributed by atoms with Crippen LogP contribution in [0.5, 0.6) is 0 Å². The number of aromatic nitrogens is 4. The highest BCUT2D eigenvalue weighted by molar-refractivity contribution is 7.19.